The molecule has 3 nitrogen and oxygen atoms in total. The molecule has 19 heavy (non-hydrogen) atoms. The fourth-order valence-electron chi connectivity index (χ4n) is 2.84. The molecular formula is C15H26N2OS. The highest BCUT2D eigenvalue weighted by atomic mass is 32.1. The molecule has 3 N–H and O–H groups in total. The zero-order valence-corrected chi connectivity index (χ0v) is 13.1. The van der Waals surface area contributed by atoms with Gasteiger partial charge in [-0.1, -0.05) is 33.6 Å². The Morgan fingerprint density at radius 3 is 2.74 bits per heavy atom. The summed E-state index contributed by atoms with van der Waals surface area (Å²) in [5, 5.41) is 13.6. The number of rotatable bonds is 3. The van der Waals surface area contributed by atoms with Gasteiger partial charge in [-0.05, 0) is 12.8 Å². The summed E-state index contributed by atoms with van der Waals surface area (Å²) in [6.45, 7) is 7.10. The van der Waals surface area contributed by atoms with Crippen LogP contribution in [0.5, 0.6) is 0 Å². The minimum absolute atomic E-state index is 0.0931. The van der Waals surface area contributed by atoms with E-state index in [2.05, 4.69) is 26.2 Å². The maximum atomic E-state index is 10.3. The predicted octanol–water partition coefficient (Wildman–Crippen LogP) is 2.86. The van der Waals surface area contributed by atoms with Crippen LogP contribution in [-0.4, -0.2) is 22.7 Å². The minimum atomic E-state index is -0.270. The Balaban J connectivity index is 2.16. The Labute approximate surface area is 120 Å². The summed E-state index contributed by atoms with van der Waals surface area (Å²) in [5.41, 5.74) is 7.07. The maximum Gasteiger partial charge on any atom is 0.0935 e. The molecule has 1 aliphatic rings. The van der Waals surface area contributed by atoms with Gasteiger partial charge in [-0.3, -0.25) is 0 Å². The van der Waals surface area contributed by atoms with Crippen molar-refractivity contribution >= 4 is 11.3 Å². The lowest BCUT2D eigenvalue weighted by Gasteiger charge is -2.40. The number of nitrogens with two attached hydrogens (primary N) is 1. The van der Waals surface area contributed by atoms with E-state index in [4.69, 9.17) is 10.7 Å². The predicted molar refractivity (Wildman–Crippen MR) is 80.5 cm³/mol. The van der Waals surface area contributed by atoms with Crippen LogP contribution in [0.25, 0.3) is 0 Å². The van der Waals surface area contributed by atoms with Gasteiger partial charge < -0.3 is 10.8 Å². The van der Waals surface area contributed by atoms with Crippen molar-refractivity contribution in [3.63, 3.8) is 0 Å². The summed E-state index contributed by atoms with van der Waals surface area (Å²) in [6.07, 6.45) is 4.75. The molecule has 0 amide bonds. The Morgan fingerprint density at radius 2 is 2.21 bits per heavy atom. The van der Waals surface area contributed by atoms with Gasteiger partial charge in [0.15, 0.2) is 0 Å². The van der Waals surface area contributed by atoms with Gasteiger partial charge in [0.1, 0.15) is 0 Å². The van der Waals surface area contributed by atoms with E-state index in [1.165, 1.54) is 6.42 Å². The molecule has 1 aliphatic carbocycles. The van der Waals surface area contributed by atoms with Crippen LogP contribution in [0, 0.1) is 5.41 Å². The molecule has 1 heterocycles. The number of aliphatic hydroxyl groups excluding tert-OH is 1. The molecule has 1 fully saturated rings. The molecule has 0 saturated heterocycles. The highest BCUT2D eigenvalue weighted by molar-refractivity contribution is 7.09. The van der Waals surface area contributed by atoms with Gasteiger partial charge >= 0.3 is 0 Å². The number of hydrogen-bond donors (Lipinski definition) is 2. The number of hydrogen-bond acceptors (Lipinski definition) is 4. The van der Waals surface area contributed by atoms with Crippen molar-refractivity contribution in [2.24, 2.45) is 11.1 Å². The Morgan fingerprint density at radius 1 is 1.47 bits per heavy atom. The standard InChI is InChI=1S/C15H26N2OS/c1-14(2,3)11-9-19-13(17-11)8-15(10-16)7-5-4-6-12(15)18/h9,12,18H,4-8,10,16H2,1-3H3. The quantitative estimate of drug-likeness (QED) is 0.896. The molecule has 1 aromatic heterocycles. The second-order valence-corrected chi connectivity index (χ2v) is 7.82. The van der Waals surface area contributed by atoms with Crippen LogP contribution in [0.4, 0.5) is 0 Å². The first-order chi connectivity index (χ1) is 8.87. The highest BCUT2D eigenvalue weighted by Crippen LogP contribution is 2.39. The fourth-order valence-corrected chi connectivity index (χ4v) is 4.02. The van der Waals surface area contributed by atoms with Gasteiger partial charge in [0, 0.05) is 29.2 Å². The monoisotopic (exact) mass is 282 g/mol. The van der Waals surface area contributed by atoms with Crippen LogP contribution in [-0.2, 0) is 11.8 Å². The van der Waals surface area contributed by atoms with Gasteiger partial charge in [0.05, 0.1) is 16.8 Å². The van der Waals surface area contributed by atoms with E-state index in [1.807, 2.05) is 0 Å². The van der Waals surface area contributed by atoms with Crippen LogP contribution in [0.15, 0.2) is 5.38 Å². The number of thiazole rings is 1. The van der Waals surface area contributed by atoms with E-state index >= 15 is 0 Å². The molecule has 0 aromatic carbocycles. The second kappa shape index (κ2) is 5.51. The van der Waals surface area contributed by atoms with Crippen LogP contribution < -0.4 is 5.73 Å². The summed E-state index contributed by atoms with van der Waals surface area (Å²) in [6, 6.07) is 0. The lowest BCUT2D eigenvalue weighted by atomic mass is 9.70. The Hall–Kier alpha value is -0.450. The number of nitrogens with zero attached hydrogens (tertiary/aromatic N) is 1. The highest BCUT2D eigenvalue weighted by Gasteiger charge is 2.39. The minimum Gasteiger partial charge on any atom is -0.392 e. The Bertz CT molecular complexity index is 424. The molecule has 108 valence electrons. The van der Waals surface area contributed by atoms with Crippen molar-refractivity contribution in [3.8, 4) is 0 Å². The molecule has 0 bridgehead atoms. The molecule has 2 unspecified atom stereocenters. The molecule has 1 aromatic rings. The largest absolute Gasteiger partial charge is 0.392 e. The van der Waals surface area contributed by atoms with Crippen molar-refractivity contribution in [2.75, 3.05) is 6.54 Å². The van der Waals surface area contributed by atoms with Crippen LogP contribution in [0.1, 0.15) is 57.2 Å². The van der Waals surface area contributed by atoms with E-state index in [-0.39, 0.29) is 16.9 Å². The van der Waals surface area contributed by atoms with Gasteiger partial charge in [0.2, 0.25) is 0 Å². The maximum absolute atomic E-state index is 10.3. The average molecular weight is 282 g/mol. The molecule has 2 rings (SSSR count). The topological polar surface area (TPSA) is 59.1 Å². The van der Waals surface area contributed by atoms with Crippen molar-refractivity contribution in [2.45, 2.75) is 64.4 Å². The van der Waals surface area contributed by atoms with Gasteiger partial charge in [-0.15, -0.1) is 11.3 Å². The Kier molecular flexibility index (Phi) is 4.33. The molecule has 2 atom stereocenters. The third-order valence-corrected chi connectivity index (χ3v) is 5.19. The summed E-state index contributed by atoms with van der Waals surface area (Å²) < 4.78 is 0. The van der Waals surface area contributed by atoms with Gasteiger partial charge in [-0.2, -0.15) is 0 Å². The summed E-state index contributed by atoms with van der Waals surface area (Å²) >= 11 is 1.71. The van der Waals surface area contributed by atoms with Gasteiger partial charge in [0.25, 0.3) is 0 Å². The molecule has 1 saturated carbocycles. The summed E-state index contributed by atoms with van der Waals surface area (Å²) in [7, 11) is 0. The summed E-state index contributed by atoms with van der Waals surface area (Å²) in [4.78, 5) is 4.75. The van der Waals surface area contributed by atoms with E-state index < -0.39 is 0 Å². The third-order valence-electron chi connectivity index (χ3n) is 4.34. The molecule has 0 aliphatic heterocycles. The molecule has 0 radical (unpaired) electrons. The lowest BCUT2D eigenvalue weighted by molar-refractivity contribution is -0.00590. The van der Waals surface area contributed by atoms with Crippen LogP contribution in [0.2, 0.25) is 0 Å². The smallest absolute Gasteiger partial charge is 0.0935 e. The normalized spacial score (nSPS) is 28.6. The zero-order valence-electron chi connectivity index (χ0n) is 12.3. The van der Waals surface area contributed by atoms with Crippen LogP contribution >= 0.6 is 11.3 Å². The molecular weight excluding hydrogens is 256 g/mol. The van der Waals surface area contributed by atoms with E-state index in [0.29, 0.717) is 6.54 Å². The van der Waals surface area contributed by atoms with Crippen LogP contribution in [0.3, 0.4) is 0 Å². The third kappa shape index (κ3) is 3.18. The SMILES string of the molecule is CC(C)(C)c1csc(CC2(CN)CCCCC2O)n1. The first kappa shape index (κ1) is 14.9. The van der Waals surface area contributed by atoms with E-state index in [9.17, 15) is 5.11 Å². The second-order valence-electron chi connectivity index (χ2n) is 6.88. The molecule has 4 heteroatoms. The molecule has 0 spiro atoms. The average Bonchev–Trinajstić information content (AvgIpc) is 2.80. The van der Waals surface area contributed by atoms with Crippen molar-refractivity contribution in [1.29, 1.82) is 0 Å². The number of aliphatic hydroxyl groups is 1. The summed E-state index contributed by atoms with van der Waals surface area (Å²) in [5.74, 6) is 0. The van der Waals surface area contributed by atoms with Crippen molar-refractivity contribution in [1.82, 2.24) is 4.98 Å². The first-order valence-corrected chi connectivity index (χ1v) is 8.08. The fraction of sp³-hybridized carbons (Fsp3) is 0.800. The van der Waals surface area contributed by atoms with E-state index in [1.54, 1.807) is 11.3 Å². The van der Waals surface area contributed by atoms with Crippen molar-refractivity contribution < 1.29 is 5.11 Å². The lowest BCUT2D eigenvalue weighted by Crippen LogP contribution is -2.45. The van der Waals surface area contributed by atoms with Crippen molar-refractivity contribution in [3.05, 3.63) is 16.1 Å². The zero-order chi connectivity index (χ0) is 14.1. The van der Waals surface area contributed by atoms with Gasteiger partial charge in [-0.25, -0.2) is 4.98 Å². The number of aromatic nitrogens is 1. The van der Waals surface area contributed by atoms with E-state index in [0.717, 1.165) is 36.4 Å². The first-order valence-electron chi connectivity index (χ1n) is 7.20.